The van der Waals surface area contributed by atoms with Crippen molar-refractivity contribution in [3.63, 3.8) is 0 Å². The monoisotopic (exact) mass is 201 g/mol. The van der Waals surface area contributed by atoms with Gasteiger partial charge < -0.3 is 0 Å². The summed E-state index contributed by atoms with van der Waals surface area (Å²) in [4.78, 5) is 9.14. The quantitative estimate of drug-likeness (QED) is 0.748. The highest BCUT2D eigenvalue weighted by Gasteiger charge is 2.16. The molecule has 0 amide bonds. The van der Waals surface area contributed by atoms with Crippen LogP contribution in [0.3, 0.4) is 0 Å². The van der Waals surface area contributed by atoms with Gasteiger partial charge in [0.1, 0.15) is 5.92 Å². The Labute approximate surface area is 85.7 Å². The molecule has 0 saturated carbocycles. The van der Waals surface area contributed by atoms with Gasteiger partial charge in [0, 0.05) is 17.3 Å². The lowest BCUT2D eigenvalue weighted by atomic mass is 10.1. The fraction of sp³-hybridized carbons (Fsp3) is 0.100. The average Bonchev–Trinajstić information content (AvgIpc) is 2.74. The van der Waals surface area contributed by atoms with Gasteiger partial charge in [-0.3, -0.25) is 0 Å². The van der Waals surface area contributed by atoms with Crippen LogP contribution in [0.1, 0.15) is 16.6 Å². The van der Waals surface area contributed by atoms with Crippen LogP contribution in [0.4, 0.5) is 0 Å². The molecule has 0 spiro atoms. The standard InChI is InChI=1S/C10H7N3S/c11-7-8(9-3-1-6-14-9)10-12-4-2-5-13-10/h1-6,8H. The smallest absolute Gasteiger partial charge is 0.150 e. The highest BCUT2D eigenvalue weighted by molar-refractivity contribution is 7.10. The number of rotatable bonds is 2. The molecule has 14 heavy (non-hydrogen) atoms. The van der Waals surface area contributed by atoms with E-state index in [9.17, 15) is 0 Å². The Kier molecular flexibility index (Phi) is 2.52. The van der Waals surface area contributed by atoms with E-state index in [1.165, 1.54) is 0 Å². The number of hydrogen-bond acceptors (Lipinski definition) is 4. The SMILES string of the molecule is N#CC(c1ncccn1)c1cccs1. The molecule has 1 atom stereocenters. The third-order valence-corrected chi connectivity index (χ3v) is 2.74. The van der Waals surface area contributed by atoms with E-state index in [0.717, 1.165) is 4.88 Å². The van der Waals surface area contributed by atoms with Gasteiger partial charge in [-0.1, -0.05) is 6.07 Å². The summed E-state index contributed by atoms with van der Waals surface area (Å²) in [5, 5.41) is 11.0. The van der Waals surface area contributed by atoms with E-state index in [1.807, 2.05) is 17.5 Å². The van der Waals surface area contributed by atoms with Crippen LogP contribution in [-0.2, 0) is 0 Å². The van der Waals surface area contributed by atoms with E-state index >= 15 is 0 Å². The summed E-state index contributed by atoms with van der Waals surface area (Å²) < 4.78 is 0. The van der Waals surface area contributed by atoms with Crippen molar-refractivity contribution in [2.75, 3.05) is 0 Å². The first-order valence-corrected chi connectivity index (χ1v) is 4.99. The van der Waals surface area contributed by atoms with Gasteiger partial charge in [0.15, 0.2) is 5.82 Å². The van der Waals surface area contributed by atoms with Crippen LogP contribution in [0, 0.1) is 11.3 Å². The maximum absolute atomic E-state index is 9.03. The second-order valence-corrected chi connectivity index (χ2v) is 3.66. The van der Waals surface area contributed by atoms with Gasteiger partial charge in [0.2, 0.25) is 0 Å². The predicted octanol–water partition coefficient (Wildman–Crippen LogP) is 2.19. The third kappa shape index (κ3) is 1.63. The molecule has 0 aromatic carbocycles. The molecule has 1 unspecified atom stereocenters. The van der Waals surface area contributed by atoms with Crippen LogP contribution in [0.2, 0.25) is 0 Å². The molecule has 3 nitrogen and oxygen atoms in total. The Bertz CT molecular complexity index is 430. The fourth-order valence-electron chi connectivity index (χ4n) is 1.16. The third-order valence-electron chi connectivity index (χ3n) is 1.80. The normalized spacial score (nSPS) is 11.9. The minimum Gasteiger partial charge on any atom is -0.240 e. The number of nitriles is 1. The first-order valence-electron chi connectivity index (χ1n) is 4.12. The largest absolute Gasteiger partial charge is 0.240 e. The van der Waals surface area contributed by atoms with E-state index < -0.39 is 0 Å². The van der Waals surface area contributed by atoms with Crippen LogP contribution in [0.15, 0.2) is 36.0 Å². The van der Waals surface area contributed by atoms with Gasteiger partial charge in [0.05, 0.1) is 6.07 Å². The Hall–Kier alpha value is -1.73. The van der Waals surface area contributed by atoms with Gasteiger partial charge >= 0.3 is 0 Å². The summed E-state index contributed by atoms with van der Waals surface area (Å²) in [7, 11) is 0. The summed E-state index contributed by atoms with van der Waals surface area (Å²) in [5.74, 6) is 0.230. The highest BCUT2D eigenvalue weighted by Crippen LogP contribution is 2.24. The molecule has 0 fully saturated rings. The van der Waals surface area contributed by atoms with Crippen molar-refractivity contribution in [3.8, 4) is 6.07 Å². The van der Waals surface area contributed by atoms with Gasteiger partial charge in [-0.15, -0.1) is 11.3 Å². The minimum absolute atomic E-state index is 0.337. The zero-order valence-corrected chi connectivity index (χ0v) is 8.11. The second-order valence-electron chi connectivity index (χ2n) is 2.68. The lowest BCUT2D eigenvalue weighted by molar-refractivity contribution is 0.904. The van der Waals surface area contributed by atoms with Crippen molar-refractivity contribution in [3.05, 3.63) is 46.7 Å². The molecule has 0 saturated heterocycles. The molecular weight excluding hydrogens is 194 g/mol. The van der Waals surface area contributed by atoms with Crippen molar-refractivity contribution in [2.45, 2.75) is 5.92 Å². The van der Waals surface area contributed by atoms with Crippen molar-refractivity contribution in [1.82, 2.24) is 9.97 Å². The van der Waals surface area contributed by atoms with Gasteiger partial charge in [-0.2, -0.15) is 5.26 Å². The molecule has 2 aromatic rings. The molecule has 0 aliphatic rings. The highest BCUT2D eigenvalue weighted by atomic mass is 32.1. The van der Waals surface area contributed by atoms with E-state index in [2.05, 4.69) is 16.0 Å². The summed E-state index contributed by atoms with van der Waals surface area (Å²) >= 11 is 1.55. The summed E-state index contributed by atoms with van der Waals surface area (Å²) in [6.07, 6.45) is 3.31. The molecule has 4 heteroatoms. The zero-order chi connectivity index (χ0) is 9.80. The van der Waals surface area contributed by atoms with Crippen molar-refractivity contribution in [1.29, 1.82) is 5.26 Å². The number of nitrogens with zero attached hydrogens (tertiary/aromatic N) is 3. The molecule has 0 radical (unpaired) electrons. The number of thiophene rings is 1. The predicted molar refractivity (Wildman–Crippen MR) is 53.8 cm³/mol. The lowest BCUT2D eigenvalue weighted by Gasteiger charge is -2.03. The van der Waals surface area contributed by atoms with Crippen molar-refractivity contribution in [2.24, 2.45) is 0 Å². The first kappa shape index (κ1) is 8.85. The Morgan fingerprint density at radius 3 is 2.64 bits per heavy atom. The molecule has 2 rings (SSSR count). The summed E-state index contributed by atoms with van der Waals surface area (Å²) in [6.45, 7) is 0. The molecule has 2 aromatic heterocycles. The van der Waals surface area contributed by atoms with Gasteiger partial charge in [-0.05, 0) is 17.5 Å². The van der Waals surface area contributed by atoms with E-state index in [-0.39, 0.29) is 5.92 Å². The Morgan fingerprint density at radius 1 is 1.29 bits per heavy atom. The molecule has 0 aliphatic heterocycles. The van der Waals surface area contributed by atoms with Crippen LogP contribution in [0.25, 0.3) is 0 Å². The Balaban J connectivity index is 2.38. The van der Waals surface area contributed by atoms with Crippen LogP contribution in [0.5, 0.6) is 0 Å². The number of aromatic nitrogens is 2. The van der Waals surface area contributed by atoms with Crippen molar-refractivity contribution < 1.29 is 0 Å². The summed E-state index contributed by atoms with van der Waals surface area (Å²) in [5.41, 5.74) is 0. The maximum atomic E-state index is 9.03. The van der Waals surface area contributed by atoms with Crippen molar-refractivity contribution >= 4 is 11.3 Å². The van der Waals surface area contributed by atoms with Crippen LogP contribution in [-0.4, -0.2) is 9.97 Å². The van der Waals surface area contributed by atoms with Gasteiger partial charge in [-0.25, -0.2) is 9.97 Å². The maximum Gasteiger partial charge on any atom is 0.150 e. The molecular formula is C10H7N3S. The first-order chi connectivity index (χ1) is 6.92. The molecule has 2 heterocycles. The molecule has 68 valence electrons. The lowest BCUT2D eigenvalue weighted by Crippen LogP contribution is -2.01. The van der Waals surface area contributed by atoms with E-state index in [0.29, 0.717) is 5.82 Å². The van der Waals surface area contributed by atoms with Crippen LogP contribution < -0.4 is 0 Å². The summed E-state index contributed by atoms with van der Waals surface area (Å²) in [6, 6.07) is 7.80. The van der Waals surface area contributed by atoms with E-state index in [1.54, 1.807) is 29.8 Å². The average molecular weight is 201 g/mol. The Morgan fingerprint density at radius 2 is 2.07 bits per heavy atom. The fourth-order valence-corrected chi connectivity index (χ4v) is 1.93. The number of hydrogen-bond donors (Lipinski definition) is 0. The topological polar surface area (TPSA) is 49.6 Å². The van der Waals surface area contributed by atoms with E-state index in [4.69, 9.17) is 5.26 Å². The molecule has 0 bridgehead atoms. The van der Waals surface area contributed by atoms with Crippen LogP contribution >= 0.6 is 11.3 Å². The second kappa shape index (κ2) is 3.99. The zero-order valence-electron chi connectivity index (χ0n) is 7.29. The molecule has 0 aliphatic carbocycles. The molecule has 0 N–H and O–H groups in total. The minimum atomic E-state index is -0.337. The van der Waals surface area contributed by atoms with Gasteiger partial charge in [0.25, 0.3) is 0 Å².